The number of nitrogens with one attached hydrogen (secondary N) is 1. The van der Waals surface area contributed by atoms with Gasteiger partial charge in [-0.3, -0.25) is 4.68 Å². The second-order valence-corrected chi connectivity index (χ2v) is 9.85. The number of amides is 1. The predicted octanol–water partition coefficient (Wildman–Crippen LogP) is -1.31. The summed E-state index contributed by atoms with van der Waals surface area (Å²) in [4.78, 5) is 24.5. The van der Waals surface area contributed by atoms with Crippen molar-refractivity contribution in [1.29, 1.82) is 0 Å². The van der Waals surface area contributed by atoms with E-state index < -0.39 is 49.5 Å². The number of hydrogen-bond donors (Lipinski definition) is 6. The van der Waals surface area contributed by atoms with Gasteiger partial charge in [0.2, 0.25) is 0 Å². The van der Waals surface area contributed by atoms with Gasteiger partial charge < -0.3 is 50.3 Å². The minimum Gasteiger partial charge on any atom is -0.445 e. The van der Waals surface area contributed by atoms with Crippen LogP contribution in [0.2, 0.25) is 0 Å². The Bertz CT molecular complexity index is 1250. The van der Waals surface area contributed by atoms with Gasteiger partial charge >= 0.3 is 6.09 Å². The van der Waals surface area contributed by atoms with Gasteiger partial charge in [0.1, 0.15) is 48.1 Å². The highest BCUT2D eigenvalue weighted by Crippen LogP contribution is 2.22. The molecule has 0 saturated carbocycles. The molecule has 0 radical (unpaired) electrons. The number of aryl methyl sites for hydroxylation is 1. The van der Waals surface area contributed by atoms with E-state index in [1.165, 1.54) is 6.33 Å². The topological polar surface area (TPSA) is 238 Å². The lowest BCUT2D eigenvalue weighted by Gasteiger charge is -2.39. The Labute approximate surface area is 235 Å². The number of carbonyl (C=O) groups excluding carboxylic acids is 1. The van der Waals surface area contributed by atoms with E-state index in [4.69, 9.17) is 19.9 Å². The van der Waals surface area contributed by atoms with E-state index in [0.29, 0.717) is 43.0 Å². The number of hydrogen-bond acceptors (Lipinski definition) is 14. The Balaban J connectivity index is 1.07. The van der Waals surface area contributed by atoms with E-state index in [-0.39, 0.29) is 12.4 Å². The van der Waals surface area contributed by atoms with Crippen LogP contribution in [0.3, 0.4) is 0 Å². The first-order chi connectivity index (χ1) is 19.8. The van der Waals surface area contributed by atoms with Crippen molar-refractivity contribution in [2.75, 3.05) is 18.9 Å². The van der Waals surface area contributed by atoms with E-state index in [0.717, 1.165) is 19.3 Å². The number of nitrogen functional groups attached to an aromatic ring is 1. The van der Waals surface area contributed by atoms with E-state index in [1.54, 1.807) is 28.7 Å². The van der Waals surface area contributed by atoms with E-state index in [1.807, 2.05) is 0 Å². The van der Waals surface area contributed by atoms with Crippen molar-refractivity contribution < 1.29 is 39.4 Å². The molecule has 3 aromatic heterocycles. The Kier molecular flexibility index (Phi) is 10.7. The van der Waals surface area contributed by atoms with Crippen LogP contribution in [-0.2, 0) is 33.8 Å². The van der Waals surface area contributed by atoms with Gasteiger partial charge in [0, 0.05) is 13.2 Å². The molecule has 17 nitrogen and oxygen atoms in total. The lowest BCUT2D eigenvalue weighted by atomic mass is 9.99. The maximum Gasteiger partial charge on any atom is 0.407 e. The molecule has 2 unspecified atom stereocenters. The second kappa shape index (κ2) is 14.4. The van der Waals surface area contributed by atoms with Crippen LogP contribution in [0.4, 0.5) is 10.6 Å². The molecule has 226 valence electrons. The minimum absolute atomic E-state index is 0.165. The Hall–Kier alpha value is -3.48. The number of anilines is 1. The van der Waals surface area contributed by atoms with Gasteiger partial charge in [-0.05, 0) is 19.8 Å². The minimum atomic E-state index is -1.45. The fourth-order valence-corrected chi connectivity index (χ4v) is 4.40. The lowest BCUT2D eigenvalue weighted by Crippen LogP contribution is -2.59. The first-order valence-electron chi connectivity index (χ1n) is 13.4. The third kappa shape index (κ3) is 8.05. The van der Waals surface area contributed by atoms with Crippen LogP contribution in [0.5, 0.6) is 0 Å². The smallest absolute Gasteiger partial charge is 0.407 e. The van der Waals surface area contributed by atoms with Crippen molar-refractivity contribution in [1.82, 2.24) is 39.8 Å². The van der Waals surface area contributed by atoms with Crippen LogP contribution in [0, 0.1) is 0 Å². The number of aromatic nitrogens is 7. The fourth-order valence-electron chi connectivity index (χ4n) is 4.40. The van der Waals surface area contributed by atoms with Crippen molar-refractivity contribution in [3.63, 3.8) is 0 Å². The summed E-state index contributed by atoms with van der Waals surface area (Å²) in [5.74, 6) is 0.285. The first kappa shape index (κ1) is 30.5. The SMILES string of the molecule is C[C@H](Cn1cnc2c(N)ncnc21)OC(=O)NCc1cn(CCCCCCO[C@@H]2OC(CO)[C@@H](O)[C@H](O)C2O)nn1. The molecule has 4 rings (SSSR count). The number of rotatable bonds is 14. The number of aliphatic hydroxyl groups excluding tert-OH is 4. The third-order valence-corrected chi connectivity index (χ3v) is 6.60. The molecule has 0 aromatic carbocycles. The Morgan fingerprint density at radius 3 is 2.76 bits per heavy atom. The van der Waals surface area contributed by atoms with Crippen molar-refractivity contribution >= 4 is 23.1 Å². The number of unbranched alkanes of at least 4 members (excludes halogenated alkanes) is 3. The zero-order chi connectivity index (χ0) is 29.4. The molecule has 0 bridgehead atoms. The molecule has 1 amide bonds. The number of carbonyl (C=O) groups is 1. The average Bonchev–Trinajstić information content (AvgIpc) is 3.59. The fraction of sp³-hybridized carbons (Fsp3) is 0.667. The maximum absolute atomic E-state index is 12.2. The van der Waals surface area contributed by atoms with Crippen LogP contribution in [0.25, 0.3) is 11.2 Å². The molecule has 1 fully saturated rings. The largest absolute Gasteiger partial charge is 0.445 e. The molecule has 1 aliphatic rings. The van der Waals surface area contributed by atoms with Crippen molar-refractivity contribution in [2.45, 2.75) is 89.1 Å². The predicted molar refractivity (Wildman–Crippen MR) is 141 cm³/mol. The van der Waals surface area contributed by atoms with Crippen molar-refractivity contribution in [3.05, 3.63) is 24.5 Å². The zero-order valence-electron chi connectivity index (χ0n) is 22.7. The number of ether oxygens (including phenoxy) is 3. The number of nitrogens with two attached hydrogens (primary N) is 1. The van der Waals surface area contributed by atoms with Gasteiger partial charge in [-0.2, -0.15) is 0 Å². The highest BCUT2D eigenvalue weighted by Gasteiger charge is 2.43. The van der Waals surface area contributed by atoms with Gasteiger partial charge in [0.25, 0.3) is 0 Å². The number of imidazole rings is 1. The standard InChI is InChI=1S/C24H37N9O8/c1-14(9-32-13-29-17-21(25)27-12-28-22(17)32)40-24(38)26-8-15-10-33(31-30-15)6-4-2-3-5-7-39-23-20(37)19(36)18(35)16(11-34)41-23/h10,12-14,16,18-20,23,34-37H,2-9,11H2,1H3,(H,26,38)(H2,25,27,28)/t14-,16?,18-,19+,20?,23-/m1/s1. The quantitative estimate of drug-likeness (QED) is 0.122. The van der Waals surface area contributed by atoms with Crippen LogP contribution in [0.1, 0.15) is 38.3 Å². The van der Waals surface area contributed by atoms with Crippen LogP contribution < -0.4 is 11.1 Å². The molecule has 6 atom stereocenters. The molecule has 7 N–H and O–H groups in total. The van der Waals surface area contributed by atoms with Crippen LogP contribution >= 0.6 is 0 Å². The molecule has 0 aliphatic carbocycles. The zero-order valence-corrected chi connectivity index (χ0v) is 22.7. The molecule has 1 aliphatic heterocycles. The van der Waals surface area contributed by atoms with Gasteiger partial charge in [-0.1, -0.05) is 18.1 Å². The summed E-state index contributed by atoms with van der Waals surface area (Å²) in [6, 6.07) is 0. The molecule has 41 heavy (non-hydrogen) atoms. The maximum atomic E-state index is 12.2. The highest BCUT2D eigenvalue weighted by atomic mass is 16.7. The van der Waals surface area contributed by atoms with E-state index >= 15 is 0 Å². The number of nitrogens with zero attached hydrogens (tertiary/aromatic N) is 7. The van der Waals surface area contributed by atoms with Crippen LogP contribution in [-0.4, -0.2) is 111 Å². The van der Waals surface area contributed by atoms with Gasteiger partial charge in [-0.25, -0.2) is 19.7 Å². The Morgan fingerprint density at radius 1 is 1.15 bits per heavy atom. The summed E-state index contributed by atoms with van der Waals surface area (Å²) < 4.78 is 19.7. The number of aliphatic hydroxyl groups is 4. The molecular formula is C24H37N9O8. The summed E-state index contributed by atoms with van der Waals surface area (Å²) >= 11 is 0. The molecular weight excluding hydrogens is 542 g/mol. The molecule has 0 spiro atoms. The van der Waals surface area contributed by atoms with Crippen LogP contribution in [0.15, 0.2) is 18.9 Å². The first-order valence-corrected chi connectivity index (χ1v) is 13.4. The normalized spacial score (nSPS) is 23.5. The summed E-state index contributed by atoms with van der Waals surface area (Å²) in [6.45, 7) is 2.71. The monoisotopic (exact) mass is 579 g/mol. The average molecular weight is 580 g/mol. The summed E-state index contributed by atoms with van der Waals surface area (Å²) in [6.07, 6.45) is 0.570. The molecule has 17 heteroatoms. The molecule has 3 aromatic rings. The molecule has 4 heterocycles. The van der Waals surface area contributed by atoms with Crippen molar-refractivity contribution in [2.24, 2.45) is 0 Å². The van der Waals surface area contributed by atoms with E-state index in [9.17, 15) is 25.2 Å². The second-order valence-electron chi connectivity index (χ2n) is 9.85. The summed E-state index contributed by atoms with van der Waals surface area (Å²) in [7, 11) is 0. The summed E-state index contributed by atoms with van der Waals surface area (Å²) in [5.41, 5.74) is 7.45. The third-order valence-electron chi connectivity index (χ3n) is 6.60. The van der Waals surface area contributed by atoms with Gasteiger partial charge in [-0.15, -0.1) is 5.10 Å². The number of alkyl carbamates (subject to hydrolysis) is 1. The Morgan fingerprint density at radius 2 is 1.95 bits per heavy atom. The highest BCUT2D eigenvalue weighted by molar-refractivity contribution is 5.81. The lowest BCUT2D eigenvalue weighted by molar-refractivity contribution is -0.301. The summed E-state index contributed by atoms with van der Waals surface area (Å²) in [5, 5.41) is 49.6. The van der Waals surface area contributed by atoms with E-state index in [2.05, 4.69) is 30.6 Å². The van der Waals surface area contributed by atoms with Crippen molar-refractivity contribution in [3.8, 4) is 0 Å². The molecule has 1 saturated heterocycles. The number of fused-ring (bicyclic) bond motifs is 1. The van der Waals surface area contributed by atoms with Gasteiger partial charge in [0.05, 0.1) is 32.2 Å². The van der Waals surface area contributed by atoms with Gasteiger partial charge in [0.15, 0.2) is 17.8 Å².